The summed E-state index contributed by atoms with van der Waals surface area (Å²) in [7, 11) is 0. The zero-order valence-electron chi connectivity index (χ0n) is 16.6. The molecule has 4 rings (SSSR count). The molecule has 0 atom stereocenters. The third-order valence-electron chi connectivity index (χ3n) is 5.88. The third kappa shape index (κ3) is 3.79. The molecule has 0 bridgehead atoms. The number of hydrogen-bond donors (Lipinski definition) is 2. The fraction of sp³-hybridized carbons (Fsp3) is 0.348. The summed E-state index contributed by atoms with van der Waals surface area (Å²) >= 11 is 3.62. The van der Waals surface area contributed by atoms with Crippen LogP contribution in [0, 0.1) is 0 Å². The molecule has 3 N–H and O–H groups in total. The Morgan fingerprint density at radius 1 is 1.20 bits per heavy atom. The van der Waals surface area contributed by atoms with Crippen LogP contribution in [-0.2, 0) is 11.3 Å². The number of aromatic nitrogens is 2. The number of hydrogen-bond acceptors (Lipinski definition) is 4. The van der Waals surface area contributed by atoms with Crippen LogP contribution >= 0.6 is 15.9 Å². The predicted octanol–water partition coefficient (Wildman–Crippen LogP) is 4.17. The Morgan fingerprint density at radius 3 is 2.63 bits per heavy atom. The number of primary amides is 1. The molecule has 30 heavy (non-hydrogen) atoms. The molecule has 2 aromatic heterocycles. The minimum Gasteiger partial charge on any atom is -0.388 e. The topological polar surface area (TPSA) is 98.2 Å². The first-order chi connectivity index (χ1) is 14.5. The van der Waals surface area contributed by atoms with Gasteiger partial charge in [0.25, 0.3) is 0 Å². The van der Waals surface area contributed by atoms with E-state index < -0.39 is 12.5 Å². The molecule has 2 heterocycles. The van der Waals surface area contributed by atoms with Crippen molar-refractivity contribution in [2.24, 2.45) is 5.73 Å². The maximum absolute atomic E-state index is 12.1. The average molecular weight is 470 g/mol. The number of Topliss-reactive ketones (excluding diaryl/α,β-unsaturated/α-hetero) is 1. The molecule has 0 aliphatic heterocycles. The summed E-state index contributed by atoms with van der Waals surface area (Å²) < 4.78 is 2.71. The monoisotopic (exact) mass is 469 g/mol. The van der Waals surface area contributed by atoms with Crippen LogP contribution in [0.25, 0.3) is 22.3 Å². The summed E-state index contributed by atoms with van der Waals surface area (Å²) in [6.07, 6.45) is 7.44. The fourth-order valence-electron chi connectivity index (χ4n) is 4.58. The van der Waals surface area contributed by atoms with Crippen molar-refractivity contribution >= 4 is 38.5 Å². The molecule has 1 saturated carbocycles. The molecule has 0 radical (unpaired) electrons. The smallest absolute Gasteiger partial charge is 0.237 e. The van der Waals surface area contributed by atoms with E-state index in [9.17, 15) is 14.7 Å². The number of amides is 1. The van der Waals surface area contributed by atoms with E-state index in [0.717, 1.165) is 58.0 Å². The predicted molar refractivity (Wildman–Crippen MR) is 119 cm³/mol. The number of benzene rings is 1. The standard InChI is InChI=1S/C23H24BrN3O3/c24-17-7-4-10-26-22(17)23-21(14-5-2-1-3-6-14)16-9-8-15(19(29)13-28)11-18(16)27(23)12-20(25)30/h4,7-11,14,28H,1-3,5-6,12-13H2,(H2,25,30). The van der Waals surface area contributed by atoms with Crippen LogP contribution in [0.1, 0.15) is 53.9 Å². The molecular weight excluding hydrogens is 446 g/mol. The highest BCUT2D eigenvalue weighted by Gasteiger charge is 2.28. The second kappa shape index (κ2) is 8.70. The van der Waals surface area contributed by atoms with Gasteiger partial charge in [-0.1, -0.05) is 31.4 Å². The Balaban J connectivity index is 2.07. The van der Waals surface area contributed by atoms with Gasteiger partial charge in [-0.2, -0.15) is 0 Å². The van der Waals surface area contributed by atoms with Crippen molar-refractivity contribution in [2.45, 2.75) is 44.6 Å². The molecule has 0 saturated heterocycles. The van der Waals surface area contributed by atoms with Crippen molar-refractivity contribution in [3.63, 3.8) is 0 Å². The Kier molecular flexibility index (Phi) is 6.01. The first-order valence-corrected chi connectivity index (χ1v) is 11.0. The molecule has 1 aliphatic rings. The number of nitrogens with zero attached hydrogens (tertiary/aromatic N) is 2. The zero-order chi connectivity index (χ0) is 21.3. The van der Waals surface area contributed by atoms with Crippen molar-refractivity contribution < 1.29 is 14.7 Å². The summed E-state index contributed by atoms with van der Waals surface area (Å²) in [4.78, 5) is 28.8. The van der Waals surface area contributed by atoms with Crippen molar-refractivity contribution in [1.82, 2.24) is 9.55 Å². The lowest BCUT2D eigenvalue weighted by atomic mass is 9.82. The van der Waals surface area contributed by atoms with Gasteiger partial charge in [0.05, 0.1) is 11.2 Å². The van der Waals surface area contributed by atoms with E-state index in [4.69, 9.17) is 5.73 Å². The van der Waals surface area contributed by atoms with Gasteiger partial charge in [0.2, 0.25) is 5.91 Å². The minimum absolute atomic E-state index is 0.0155. The number of nitrogens with two attached hydrogens (primary N) is 1. The van der Waals surface area contributed by atoms with Crippen molar-refractivity contribution in [3.8, 4) is 11.4 Å². The Hall–Kier alpha value is -2.51. The van der Waals surface area contributed by atoms with Crippen LogP contribution in [0.15, 0.2) is 41.0 Å². The second-order valence-corrected chi connectivity index (χ2v) is 8.65. The van der Waals surface area contributed by atoms with Gasteiger partial charge >= 0.3 is 0 Å². The van der Waals surface area contributed by atoms with Crippen LogP contribution in [0.5, 0.6) is 0 Å². The van der Waals surface area contributed by atoms with E-state index in [2.05, 4.69) is 20.9 Å². The van der Waals surface area contributed by atoms with Crippen molar-refractivity contribution in [3.05, 3.63) is 52.1 Å². The number of carbonyl (C=O) groups excluding carboxylic acids is 2. The van der Waals surface area contributed by atoms with Crippen LogP contribution < -0.4 is 5.73 Å². The van der Waals surface area contributed by atoms with Crippen molar-refractivity contribution in [1.29, 1.82) is 0 Å². The highest BCUT2D eigenvalue weighted by atomic mass is 79.9. The van der Waals surface area contributed by atoms with Gasteiger partial charge in [-0.15, -0.1) is 0 Å². The summed E-state index contributed by atoms with van der Waals surface area (Å²) in [6, 6.07) is 9.22. The average Bonchev–Trinajstić information content (AvgIpc) is 3.06. The molecule has 3 aromatic rings. The van der Waals surface area contributed by atoms with E-state index in [-0.39, 0.29) is 12.3 Å². The van der Waals surface area contributed by atoms with Gasteiger partial charge in [-0.25, -0.2) is 0 Å². The molecule has 0 unspecified atom stereocenters. The van der Waals surface area contributed by atoms with Crippen LogP contribution in [0.3, 0.4) is 0 Å². The lowest BCUT2D eigenvalue weighted by molar-refractivity contribution is -0.118. The summed E-state index contributed by atoms with van der Waals surface area (Å²) in [5.74, 6) is -0.475. The fourth-order valence-corrected chi connectivity index (χ4v) is 5.02. The van der Waals surface area contributed by atoms with Gasteiger partial charge in [0, 0.05) is 21.6 Å². The maximum atomic E-state index is 12.1. The number of carbonyl (C=O) groups is 2. The van der Waals surface area contributed by atoms with Crippen molar-refractivity contribution in [2.75, 3.05) is 6.61 Å². The number of halogens is 1. The summed E-state index contributed by atoms with van der Waals surface area (Å²) in [6.45, 7) is -0.575. The molecule has 7 heteroatoms. The highest BCUT2D eigenvalue weighted by molar-refractivity contribution is 9.10. The Bertz CT molecular complexity index is 1120. The Labute approximate surface area is 183 Å². The van der Waals surface area contributed by atoms with E-state index in [0.29, 0.717) is 11.5 Å². The van der Waals surface area contributed by atoms with Gasteiger partial charge in [0.15, 0.2) is 5.78 Å². The molecule has 1 aromatic carbocycles. The molecule has 156 valence electrons. The molecule has 1 fully saturated rings. The molecule has 1 aliphatic carbocycles. The van der Waals surface area contributed by atoms with Gasteiger partial charge in [-0.05, 0) is 58.5 Å². The maximum Gasteiger partial charge on any atom is 0.237 e. The van der Waals surface area contributed by atoms with Crippen LogP contribution in [0.4, 0.5) is 0 Å². The van der Waals surface area contributed by atoms with Gasteiger partial charge < -0.3 is 15.4 Å². The van der Waals surface area contributed by atoms with E-state index in [1.165, 1.54) is 6.42 Å². The number of aliphatic hydroxyl groups is 1. The summed E-state index contributed by atoms with van der Waals surface area (Å²) in [5, 5.41) is 10.3. The lowest BCUT2D eigenvalue weighted by Gasteiger charge is -2.23. The SMILES string of the molecule is NC(=O)Cn1c(-c2ncccc2Br)c(C2CCCCC2)c2ccc(C(=O)CO)cc21. The van der Waals surface area contributed by atoms with Gasteiger partial charge in [-0.3, -0.25) is 14.6 Å². The summed E-state index contributed by atoms with van der Waals surface area (Å²) in [5.41, 5.74) is 9.58. The number of fused-ring (bicyclic) bond motifs is 1. The molecule has 1 amide bonds. The largest absolute Gasteiger partial charge is 0.388 e. The van der Waals surface area contributed by atoms with E-state index in [1.54, 1.807) is 18.3 Å². The van der Waals surface area contributed by atoms with Gasteiger partial charge in [0.1, 0.15) is 18.8 Å². The lowest BCUT2D eigenvalue weighted by Crippen LogP contribution is -2.20. The number of aliphatic hydroxyl groups excluding tert-OH is 1. The normalized spacial score (nSPS) is 14.9. The number of pyridine rings is 1. The first-order valence-electron chi connectivity index (χ1n) is 10.2. The van der Waals surface area contributed by atoms with Crippen LogP contribution in [-0.4, -0.2) is 33.0 Å². The minimum atomic E-state index is -0.559. The second-order valence-electron chi connectivity index (χ2n) is 7.80. The zero-order valence-corrected chi connectivity index (χ0v) is 18.2. The first kappa shape index (κ1) is 20.8. The molecule has 0 spiro atoms. The Morgan fingerprint density at radius 2 is 1.97 bits per heavy atom. The third-order valence-corrected chi connectivity index (χ3v) is 6.52. The van der Waals surface area contributed by atoms with Crippen LogP contribution in [0.2, 0.25) is 0 Å². The van der Waals surface area contributed by atoms with E-state index in [1.807, 2.05) is 22.8 Å². The highest BCUT2D eigenvalue weighted by Crippen LogP contribution is 2.45. The number of rotatable bonds is 6. The molecule has 6 nitrogen and oxygen atoms in total. The molecular formula is C23H24BrN3O3. The number of ketones is 1. The quantitative estimate of drug-likeness (QED) is 0.529. The van der Waals surface area contributed by atoms with E-state index >= 15 is 0 Å².